The van der Waals surface area contributed by atoms with Gasteiger partial charge in [-0.25, -0.2) is 18.1 Å². The summed E-state index contributed by atoms with van der Waals surface area (Å²) in [4.78, 5) is 49.0. The third-order valence-electron chi connectivity index (χ3n) is 20.8. The number of fused-ring (bicyclic) bond motifs is 4. The molecule has 23 nitrogen and oxygen atoms in total. The van der Waals surface area contributed by atoms with E-state index in [1.54, 1.807) is 13.2 Å². The molecule has 496 valence electrons. The molecule has 7 aliphatic heterocycles. The van der Waals surface area contributed by atoms with Gasteiger partial charge in [-0.05, 0) is 122 Å². The predicted octanol–water partition coefficient (Wildman–Crippen LogP) is 9.52. The predicted molar refractivity (Wildman–Crippen MR) is 357 cm³/mol. The summed E-state index contributed by atoms with van der Waals surface area (Å²) in [6.45, 7) is 20.3. The number of aryl methyl sites for hydroxylation is 1. The lowest BCUT2D eigenvalue weighted by atomic mass is 9.59. The number of hydrogen-bond donors (Lipinski definition) is 2. The number of nitro groups is 1. The van der Waals surface area contributed by atoms with Crippen molar-refractivity contribution in [2.45, 2.75) is 126 Å². The number of rotatable bonds is 18. The van der Waals surface area contributed by atoms with Gasteiger partial charge in [0.15, 0.2) is 23.0 Å². The fraction of sp³-hybridized carbons (Fsp3) is 0.544. The Balaban J connectivity index is 0.730. The number of piperidine rings is 1. The fourth-order valence-corrected chi connectivity index (χ4v) is 17.2. The highest BCUT2D eigenvalue weighted by molar-refractivity contribution is 7.90. The van der Waals surface area contributed by atoms with E-state index < -0.39 is 45.6 Å². The van der Waals surface area contributed by atoms with E-state index in [1.807, 2.05) is 41.2 Å². The molecule has 1 amide bonds. The van der Waals surface area contributed by atoms with Crippen molar-refractivity contribution in [3.8, 4) is 17.4 Å². The van der Waals surface area contributed by atoms with Gasteiger partial charge in [-0.3, -0.25) is 24.7 Å². The number of piperazine rings is 1. The second kappa shape index (κ2) is 26.2. The van der Waals surface area contributed by atoms with Crippen LogP contribution in [0.25, 0.3) is 11.0 Å². The molecule has 8 aliphatic rings. The second-order valence-corrected chi connectivity index (χ2v) is 35.2. The van der Waals surface area contributed by atoms with E-state index in [-0.39, 0.29) is 59.7 Å². The van der Waals surface area contributed by atoms with Crippen LogP contribution < -0.4 is 38.9 Å². The largest absolute Gasteiger partial charge is 0.493 e. The topological polar surface area (TPSA) is 230 Å². The number of nitrogens with one attached hydrogen (secondary N) is 2. The number of pyridine rings is 2. The molecule has 93 heavy (non-hydrogen) atoms. The summed E-state index contributed by atoms with van der Waals surface area (Å²) in [5.74, 6) is 1.30. The Morgan fingerprint density at radius 2 is 1.67 bits per heavy atom. The van der Waals surface area contributed by atoms with E-state index in [2.05, 4.69) is 91.4 Å². The maximum Gasteiger partial charge on any atom is 0.297 e. The van der Waals surface area contributed by atoms with Gasteiger partial charge in [-0.1, -0.05) is 43.9 Å². The molecule has 6 fully saturated rings. The number of hydrogen-bond acceptors (Lipinski definition) is 20. The molecular formula is C68H87N11O12SSi. The number of methoxy groups -OCH3 is 1. The summed E-state index contributed by atoms with van der Waals surface area (Å²) in [7, 11) is -4.35. The molecule has 0 bridgehead atoms. The minimum atomic E-state index is -4.75. The van der Waals surface area contributed by atoms with Crippen molar-refractivity contribution >= 4 is 69.3 Å². The van der Waals surface area contributed by atoms with Gasteiger partial charge in [-0.15, -0.1) is 0 Å². The summed E-state index contributed by atoms with van der Waals surface area (Å²) >= 11 is 0. The Morgan fingerprint density at radius 3 is 2.44 bits per heavy atom. The van der Waals surface area contributed by atoms with Crippen LogP contribution in [0.2, 0.25) is 25.7 Å². The van der Waals surface area contributed by atoms with Gasteiger partial charge in [0.2, 0.25) is 5.88 Å². The number of anilines is 5. The minimum Gasteiger partial charge on any atom is -0.493 e. The molecule has 2 N–H and O–H groups in total. The number of carbonyl (C=O) groups excluding carboxylic acids is 1. The van der Waals surface area contributed by atoms with E-state index in [0.717, 1.165) is 131 Å². The summed E-state index contributed by atoms with van der Waals surface area (Å²) in [6, 6.07) is 24.1. The van der Waals surface area contributed by atoms with E-state index in [0.29, 0.717) is 81.7 Å². The molecule has 6 aromatic rings. The van der Waals surface area contributed by atoms with E-state index >= 15 is 4.79 Å². The zero-order valence-electron chi connectivity index (χ0n) is 54.1. The van der Waals surface area contributed by atoms with Crippen molar-refractivity contribution in [1.29, 1.82) is 0 Å². The first-order valence-electron chi connectivity index (χ1n) is 33.2. The molecule has 0 radical (unpaired) electrons. The van der Waals surface area contributed by atoms with Crippen LogP contribution >= 0.6 is 0 Å². The highest BCUT2D eigenvalue weighted by Crippen LogP contribution is 2.54. The molecule has 1 saturated carbocycles. The maximum atomic E-state index is 15.2. The van der Waals surface area contributed by atoms with Crippen molar-refractivity contribution in [1.82, 2.24) is 29.1 Å². The van der Waals surface area contributed by atoms with Crippen LogP contribution in [0.5, 0.6) is 17.4 Å². The minimum absolute atomic E-state index is 0.0230. The lowest BCUT2D eigenvalue weighted by molar-refractivity contribution is -0.384. The molecule has 3 aromatic heterocycles. The van der Waals surface area contributed by atoms with Crippen molar-refractivity contribution in [3.05, 3.63) is 118 Å². The van der Waals surface area contributed by atoms with E-state index in [9.17, 15) is 18.5 Å². The molecule has 5 saturated heterocycles. The monoisotopic (exact) mass is 1310 g/mol. The van der Waals surface area contributed by atoms with Crippen LogP contribution in [-0.4, -0.2) is 182 Å². The summed E-state index contributed by atoms with van der Waals surface area (Å²) in [6.07, 6.45) is 9.77. The van der Waals surface area contributed by atoms with Gasteiger partial charge in [0.25, 0.3) is 21.6 Å². The van der Waals surface area contributed by atoms with Crippen LogP contribution in [0, 0.1) is 28.4 Å². The molecule has 10 heterocycles. The third-order valence-corrected chi connectivity index (χ3v) is 23.8. The van der Waals surface area contributed by atoms with Gasteiger partial charge in [0, 0.05) is 135 Å². The van der Waals surface area contributed by atoms with Gasteiger partial charge >= 0.3 is 0 Å². The maximum absolute atomic E-state index is 15.2. The molecule has 1 aliphatic carbocycles. The Labute approximate surface area is 545 Å². The lowest BCUT2D eigenvalue weighted by Gasteiger charge is -2.58. The molecule has 14 rings (SSSR count). The molecule has 3 aromatic carbocycles. The number of carbonyl (C=O) groups is 1. The quantitative estimate of drug-likeness (QED) is 0.0353. The number of ether oxygens (including phenoxy) is 7. The summed E-state index contributed by atoms with van der Waals surface area (Å²) in [5, 5.41) is 16.9. The number of amides is 1. The molecule has 1 spiro atoms. The van der Waals surface area contributed by atoms with Crippen LogP contribution in [0.15, 0.2) is 90.1 Å². The lowest BCUT2D eigenvalue weighted by Crippen LogP contribution is -2.59. The van der Waals surface area contributed by atoms with Crippen molar-refractivity contribution in [3.63, 3.8) is 0 Å². The normalized spacial score (nSPS) is 23.0. The van der Waals surface area contributed by atoms with Crippen LogP contribution in [-0.2, 0) is 42.2 Å². The Kier molecular flexibility index (Phi) is 17.9. The number of nitro benzene ring substituents is 1. The Morgan fingerprint density at radius 1 is 0.882 bits per heavy atom. The molecule has 25 heteroatoms. The highest BCUT2D eigenvalue weighted by atomic mass is 32.2. The SMILES string of the molecule is COc1cc(CN2CCN(C3CC4(CCN(c5ccc(C(=O)NS(=O)(=O)c6cc7c(c([N+](=O)[O-])c6)N[C@@H](C6CCOCC6)CO7)c(N6c7cc8ccn(COCC[Si](C)(C)C)c8nc7O[C@H]7COCC[C@@H]76)c5)CC4)C3)[C@H](c3ccccc3C)C2)cnc1N1CCOCC1. The summed E-state index contributed by atoms with van der Waals surface area (Å²) < 4.78 is 75.8. The van der Waals surface area contributed by atoms with Crippen LogP contribution in [0.4, 0.5) is 34.3 Å². The Bertz CT molecular complexity index is 3860. The van der Waals surface area contributed by atoms with Gasteiger partial charge in [0.1, 0.15) is 30.8 Å². The van der Waals surface area contributed by atoms with Gasteiger partial charge in [0.05, 0.1) is 60.1 Å². The molecule has 4 atom stereocenters. The first-order valence-corrected chi connectivity index (χ1v) is 38.4. The zero-order chi connectivity index (χ0) is 64.2. The standard InChI is InChI=1S/C68H87N11O12SSi/c1-45-8-6-7-9-52(45)59-41-73(40-46-32-61(85-2)65(69-39-46)75-23-28-87-29-24-75)21-22-77(59)50-37-68(38-50)16-19-74(20-17-68)49-10-11-53(66(80)72-92(83,84)51-35-57(79(81)82)63-60(36-51)90-42-54(70-63)47-13-25-86-26-14-47)56(34-49)78-55-15-27-88-43-62(55)91-67-58(78)33-48-12-18-76(64(48)71-67)44-89-30-31-93(3,4)5/h6-12,18,32-36,39,47,50,54-55,59,62,70H,13-17,19-31,37-38,40-44H2,1-5H3,(H,72,80)/t54-,55+,59+,62+/m1/s1. The number of aromatic nitrogens is 3. The number of benzene rings is 3. The van der Waals surface area contributed by atoms with Crippen LogP contribution in [0.3, 0.4) is 0 Å². The second-order valence-electron chi connectivity index (χ2n) is 27.9. The smallest absolute Gasteiger partial charge is 0.297 e. The molecule has 0 unspecified atom stereocenters. The van der Waals surface area contributed by atoms with Crippen molar-refractivity contribution in [2.24, 2.45) is 11.3 Å². The van der Waals surface area contributed by atoms with Crippen molar-refractivity contribution in [2.75, 3.05) is 126 Å². The summed E-state index contributed by atoms with van der Waals surface area (Å²) in [5.41, 5.74) is 6.42. The highest BCUT2D eigenvalue weighted by Gasteiger charge is 2.51. The average molecular weight is 1310 g/mol. The Hall–Kier alpha value is -7.10. The van der Waals surface area contributed by atoms with Gasteiger partial charge in [-0.2, -0.15) is 4.98 Å². The third kappa shape index (κ3) is 13.1. The number of sulfonamides is 1. The van der Waals surface area contributed by atoms with Gasteiger partial charge < -0.3 is 57.7 Å². The first-order chi connectivity index (χ1) is 45.0. The van der Waals surface area contributed by atoms with Crippen LogP contribution in [0.1, 0.15) is 78.0 Å². The number of morpholine rings is 1. The fourth-order valence-electron chi connectivity index (χ4n) is 15.5. The number of nitrogens with zero attached hydrogens (tertiary/aromatic N) is 9. The molecular weight excluding hydrogens is 1220 g/mol. The zero-order valence-corrected chi connectivity index (χ0v) is 55.9. The van der Waals surface area contributed by atoms with E-state index in [1.165, 1.54) is 17.2 Å². The average Bonchev–Trinajstić information content (AvgIpc) is 1.89. The van der Waals surface area contributed by atoms with Crippen molar-refractivity contribution < 1.29 is 51.3 Å². The first kappa shape index (κ1) is 63.3. The van der Waals surface area contributed by atoms with E-state index in [4.69, 9.17) is 43.1 Å².